The fraction of sp³-hybridized carbons (Fsp3) is 0.417. The summed E-state index contributed by atoms with van der Waals surface area (Å²) in [6.45, 7) is 4.12. The van der Waals surface area contributed by atoms with Gasteiger partial charge in [-0.3, -0.25) is 0 Å². The maximum absolute atomic E-state index is 9.28. The molecule has 1 nitrogen and oxygen atoms in total. The van der Waals surface area contributed by atoms with Gasteiger partial charge in [-0.1, -0.05) is 48.0 Å². The van der Waals surface area contributed by atoms with Gasteiger partial charge in [0.15, 0.2) is 0 Å². The summed E-state index contributed by atoms with van der Waals surface area (Å²) in [7, 11) is 0. The molecule has 1 rings (SSSR count). The maximum Gasteiger partial charge on any atom is 0.0828 e. The second-order valence-electron chi connectivity index (χ2n) is 3.38. The standard InChI is InChI=1S/C12H14BrN/c1-3-12(4-2,9-14)10-7-5-6-8-11(10)13/h5-8H,3-4H2,1-2H3. The lowest BCUT2D eigenvalue weighted by molar-refractivity contribution is 0.509. The van der Waals surface area contributed by atoms with Crippen LogP contribution in [0.3, 0.4) is 0 Å². The number of benzene rings is 1. The summed E-state index contributed by atoms with van der Waals surface area (Å²) in [4.78, 5) is 0. The van der Waals surface area contributed by atoms with E-state index in [9.17, 15) is 5.26 Å². The van der Waals surface area contributed by atoms with Crippen LogP contribution in [0.5, 0.6) is 0 Å². The summed E-state index contributed by atoms with van der Waals surface area (Å²) in [5, 5.41) is 9.28. The largest absolute Gasteiger partial charge is 0.197 e. The summed E-state index contributed by atoms with van der Waals surface area (Å²) in [5.74, 6) is 0. The van der Waals surface area contributed by atoms with Crippen molar-refractivity contribution in [3.63, 3.8) is 0 Å². The quantitative estimate of drug-likeness (QED) is 0.796. The van der Waals surface area contributed by atoms with Gasteiger partial charge in [0.1, 0.15) is 0 Å². The van der Waals surface area contributed by atoms with Crippen LogP contribution in [0, 0.1) is 11.3 Å². The van der Waals surface area contributed by atoms with Crippen molar-refractivity contribution >= 4 is 15.9 Å². The maximum atomic E-state index is 9.28. The Balaban J connectivity index is 3.26. The van der Waals surface area contributed by atoms with E-state index in [1.54, 1.807) is 0 Å². The minimum Gasteiger partial charge on any atom is -0.197 e. The van der Waals surface area contributed by atoms with E-state index in [-0.39, 0.29) is 5.41 Å². The summed E-state index contributed by atoms with van der Waals surface area (Å²) < 4.78 is 1.03. The van der Waals surface area contributed by atoms with E-state index in [0.29, 0.717) is 0 Å². The zero-order valence-corrected chi connectivity index (χ0v) is 10.1. The van der Waals surface area contributed by atoms with Crippen LogP contribution in [0.2, 0.25) is 0 Å². The third kappa shape index (κ3) is 1.83. The van der Waals surface area contributed by atoms with Gasteiger partial charge in [0.2, 0.25) is 0 Å². The van der Waals surface area contributed by atoms with Gasteiger partial charge >= 0.3 is 0 Å². The third-order valence-electron chi connectivity index (χ3n) is 2.81. The predicted molar refractivity (Wildman–Crippen MR) is 62.0 cm³/mol. The lowest BCUT2D eigenvalue weighted by Crippen LogP contribution is -2.22. The Morgan fingerprint density at radius 1 is 1.29 bits per heavy atom. The fourth-order valence-corrected chi connectivity index (χ4v) is 2.36. The molecule has 0 aliphatic carbocycles. The van der Waals surface area contributed by atoms with Crippen LogP contribution in [0.1, 0.15) is 32.3 Å². The van der Waals surface area contributed by atoms with Crippen molar-refractivity contribution in [3.8, 4) is 6.07 Å². The molecular weight excluding hydrogens is 238 g/mol. The summed E-state index contributed by atoms with van der Waals surface area (Å²) in [5.41, 5.74) is 0.771. The highest BCUT2D eigenvalue weighted by Gasteiger charge is 2.29. The van der Waals surface area contributed by atoms with E-state index in [4.69, 9.17) is 0 Å². The fourth-order valence-electron chi connectivity index (χ4n) is 1.70. The molecular formula is C12H14BrN. The van der Waals surface area contributed by atoms with Gasteiger partial charge in [0.25, 0.3) is 0 Å². The highest BCUT2D eigenvalue weighted by atomic mass is 79.9. The Kier molecular flexibility index (Phi) is 3.71. The smallest absolute Gasteiger partial charge is 0.0828 e. The van der Waals surface area contributed by atoms with Gasteiger partial charge in [-0.15, -0.1) is 0 Å². The molecule has 0 spiro atoms. The van der Waals surface area contributed by atoms with Crippen molar-refractivity contribution in [1.82, 2.24) is 0 Å². The van der Waals surface area contributed by atoms with Crippen LogP contribution in [0.4, 0.5) is 0 Å². The van der Waals surface area contributed by atoms with Gasteiger partial charge in [-0.2, -0.15) is 5.26 Å². The molecule has 0 aliphatic rings. The van der Waals surface area contributed by atoms with Gasteiger partial charge in [-0.25, -0.2) is 0 Å². The first kappa shape index (κ1) is 11.3. The van der Waals surface area contributed by atoms with Crippen LogP contribution in [0.15, 0.2) is 28.7 Å². The normalized spacial score (nSPS) is 11.0. The van der Waals surface area contributed by atoms with Crippen molar-refractivity contribution in [3.05, 3.63) is 34.3 Å². The average molecular weight is 252 g/mol. The van der Waals surface area contributed by atoms with Crippen molar-refractivity contribution in [2.75, 3.05) is 0 Å². The zero-order valence-electron chi connectivity index (χ0n) is 8.55. The molecule has 14 heavy (non-hydrogen) atoms. The van der Waals surface area contributed by atoms with Crippen molar-refractivity contribution < 1.29 is 0 Å². The molecule has 0 heterocycles. The van der Waals surface area contributed by atoms with Gasteiger partial charge in [0.05, 0.1) is 11.5 Å². The van der Waals surface area contributed by atoms with Crippen molar-refractivity contribution in [2.45, 2.75) is 32.1 Å². The Hall–Kier alpha value is -0.810. The number of nitrogens with zero attached hydrogens (tertiary/aromatic N) is 1. The van der Waals surface area contributed by atoms with Crippen LogP contribution >= 0.6 is 15.9 Å². The molecule has 0 saturated heterocycles. The van der Waals surface area contributed by atoms with E-state index in [1.807, 2.05) is 24.3 Å². The lowest BCUT2D eigenvalue weighted by Gasteiger charge is -2.24. The second-order valence-corrected chi connectivity index (χ2v) is 4.24. The molecule has 0 amide bonds. The first-order chi connectivity index (χ1) is 6.70. The summed E-state index contributed by atoms with van der Waals surface area (Å²) >= 11 is 3.50. The minimum absolute atomic E-state index is 0.333. The first-order valence-electron chi connectivity index (χ1n) is 4.86. The summed E-state index contributed by atoms with van der Waals surface area (Å²) in [6, 6.07) is 10.4. The zero-order chi connectivity index (χ0) is 10.6. The molecule has 0 saturated carbocycles. The van der Waals surface area contributed by atoms with Crippen LogP contribution in [-0.4, -0.2) is 0 Å². The average Bonchev–Trinajstić information content (AvgIpc) is 2.24. The van der Waals surface area contributed by atoms with E-state index in [0.717, 1.165) is 22.9 Å². The highest BCUT2D eigenvalue weighted by Crippen LogP contribution is 2.35. The third-order valence-corrected chi connectivity index (χ3v) is 3.50. The second kappa shape index (κ2) is 4.61. The molecule has 0 aliphatic heterocycles. The molecule has 0 fully saturated rings. The molecule has 1 aromatic rings. The van der Waals surface area contributed by atoms with E-state index in [2.05, 4.69) is 35.8 Å². The van der Waals surface area contributed by atoms with Gasteiger partial charge in [-0.05, 0) is 24.5 Å². The Bertz CT molecular complexity index is 348. The monoisotopic (exact) mass is 251 g/mol. The molecule has 0 radical (unpaired) electrons. The Morgan fingerprint density at radius 3 is 2.29 bits per heavy atom. The molecule has 0 N–H and O–H groups in total. The van der Waals surface area contributed by atoms with Crippen molar-refractivity contribution in [1.29, 1.82) is 5.26 Å². The number of hydrogen-bond donors (Lipinski definition) is 0. The molecule has 74 valence electrons. The predicted octanol–water partition coefficient (Wildman–Crippen LogP) is 4.03. The molecule has 0 unspecified atom stereocenters. The Labute approximate surface area is 93.9 Å². The van der Waals surface area contributed by atoms with Gasteiger partial charge < -0.3 is 0 Å². The van der Waals surface area contributed by atoms with Crippen LogP contribution < -0.4 is 0 Å². The van der Waals surface area contributed by atoms with Crippen LogP contribution in [-0.2, 0) is 5.41 Å². The number of rotatable bonds is 3. The summed E-state index contributed by atoms with van der Waals surface area (Å²) in [6.07, 6.45) is 1.70. The molecule has 0 aromatic heterocycles. The first-order valence-corrected chi connectivity index (χ1v) is 5.65. The van der Waals surface area contributed by atoms with E-state index >= 15 is 0 Å². The minimum atomic E-state index is -0.333. The number of hydrogen-bond acceptors (Lipinski definition) is 1. The highest BCUT2D eigenvalue weighted by molar-refractivity contribution is 9.10. The molecule has 0 bridgehead atoms. The molecule has 0 atom stereocenters. The molecule has 2 heteroatoms. The SMILES string of the molecule is CCC(C#N)(CC)c1ccccc1Br. The Morgan fingerprint density at radius 2 is 1.86 bits per heavy atom. The number of halogens is 1. The van der Waals surface area contributed by atoms with Crippen LogP contribution in [0.25, 0.3) is 0 Å². The lowest BCUT2D eigenvalue weighted by atomic mass is 9.77. The van der Waals surface area contributed by atoms with Gasteiger partial charge in [0, 0.05) is 4.47 Å². The topological polar surface area (TPSA) is 23.8 Å². The van der Waals surface area contributed by atoms with E-state index in [1.165, 1.54) is 0 Å². The van der Waals surface area contributed by atoms with E-state index < -0.39 is 0 Å². The molecule has 1 aromatic carbocycles. The van der Waals surface area contributed by atoms with Crippen molar-refractivity contribution in [2.24, 2.45) is 0 Å². The number of nitriles is 1.